The van der Waals surface area contributed by atoms with Gasteiger partial charge in [-0.25, -0.2) is 0 Å². The summed E-state index contributed by atoms with van der Waals surface area (Å²) < 4.78 is 47.7. The first kappa shape index (κ1) is 15.1. The lowest BCUT2D eigenvalue weighted by molar-refractivity contribution is -0.137. The standard InChI is InChI=1S/C14H12F3NO3/c1-2-12-13(11(19)5-6-20-12)21-8-10-4-3-9(7-18-10)14(15,16)17/h3-7H,2,8H2,1H3. The second kappa shape index (κ2) is 5.99. The summed E-state index contributed by atoms with van der Waals surface area (Å²) in [5.74, 6) is 0.441. The number of nitrogens with zero attached hydrogens (tertiary/aromatic N) is 1. The number of ether oxygens (including phenoxy) is 1. The Balaban J connectivity index is 2.12. The summed E-state index contributed by atoms with van der Waals surface area (Å²) in [6.07, 6.45) is -1.97. The van der Waals surface area contributed by atoms with Crippen molar-refractivity contribution in [1.82, 2.24) is 4.98 Å². The molecule has 21 heavy (non-hydrogen) atoms. The summed E-state index contributed by atoms with van der Waals surface area (Å²) in [6.45, 7) is 1.68. The van der Waals surface area contributed by atoms with Crippen molar-refractivity contribution in [3.63, 3.8) is 0 Å². The van der Waals surface area contributed by atoms with Gasteiger partial charge in [-0.3, -0.25) is 9.78 Å². The number of aryl methyl sites for hydroxylation is 1. The van der Waals surface area contributed by atoms with Gasteiger partial charge in [-0.2, -0.15) is 13.2 Å². The highest BCUT2D eigenvalue weighted by Gasteiger charge is 2.30. The summed E-state index contributed by atoms with van der Waals surface area (Å²) in [5.41, 5.74) is -0.891. The van der Waals surface area contributed by atoms with Crippen LogP contribution in [0.25, 0.3) is 0 Å². The molecule has 7 heteroatoms. The molecule has 0 spiro atoms. The largest absolute Gasteiger partial charge is 0.480 e. The van der Waals surface area contributed by atoms with Gasteiger partial charge in [0.05, 0.1) is 17.5 Å². The van der Waals surface area contributed by atoms with Crippen molar-refractivity contribution in [2.75, 3.05) is 0 Å². The molecule has 0 radical (unpaired) electrons. The minimum Gasteiger partial charge on any atom is -0.480 e. The van der Waals surface area contributed by atoms with Crippen LogP contribution in [0.5, 0.6) is 5.75 Å². The SMILES string of the molecule is CCc1occc(=O)c1OCc1ccc(C(F)(F)F)cn1. The minimum atomic E-state index is -4.43. The van der Waals surface area contributed by atoms with Crippen LogP contribution in [0.3, 0.4) is 0 Å². The smallest absolute Gasteiger partial charge is 0.417 e. The van der Waals surface area contributed by atoms with E-state index in [9.17, 15) is 18.0 Å². The van der Waals surface area contributed by atoms with Gasteiger partial charge in [-0.1, -0.05) is 6.92 Å². The Morgan fingerprint density at radius 2 is 2.05 bits per heavy atom. The van der Waals surface area contributed by atoms with Gasteiger partial charge in [0.25, 0.3) is 0 Å². The van der Waals surface area contributed by atoms with Crippen LogP contribution in [0.4, 0.5) is 13.2 Å². The summed E-state index contributed by atoms with van der Waals surface area (Å²) in [5, 5.41) is 0. The molecule has 0 saturated heterocycles. The Morgan fingerprint density at radius 1 is 1.29 bits per heavy atom. The zero-order chi connectivity index (χ0) is 15.5. The first-order valence-corrected chi connectivity index (χ1v) is 6.17. The third-order valence-corrected chi connectivity index (χ3v) is 2.74. The predicted octanol–water partition coefficient (Wildman–Crippen LogP) is 3.20. The van der Waals surface area contributed by atoms with E-state index in [4.69, 9.17) is 9.15 Å². The van der Waals surface area contributed by atoms with Crippen LogP contribution in [0, 0.1) is 0 Å². The molecule has 0 aliphatic rings. The maximum atomic E-state index is 12.4. The Hall–Kier alpha value is -2.31. The van der Waals surface area contributed by atoms with Crippen LogP contribution >= 0.6 is 0 Å². The molecule has 0 aliphatic carbocycles. The molecule has 4 nitrogen and oxygen atoms in total. The fourth-order valence-electron chi connectivity index (χ4n) is 1.66. The number of hydrogen-bond donors (Lipinski definition) is 0. The van der Waals surface area contributed by atoms with Gasteiger partial charge in [-0.15, -0.1) is 0 Å². The van der Waals surface area contributed by atoms with Crippen molar-refractivity contribution < 1.29 is 22.3 Å². The zero-order valence-corrected chi connectivity index (χ0v) is 11.1. The molecule has 0 fully saturated rings. The molecular formula is C14H12F3NO3. The maximum absolute atomic E-state index is 12.4. The predicted molar refractivity (Wildman–Crippen MR) is 67.9 cm³/mol. The monoisotopic (exact) mass is 299 g/mol. The summed E-state index contributed by atoms with van der Waals surface area (Å²) in [4.78, 5) is 15.3. The highest BCUT2D eigenvalue weighted by molar-refractivity contribution is 5.25. The van der Waals surface area contributed by atoms with E-state index in [1.165, 1.54) is 18.4 Å². The van der Waals surface area contributed by atoms with Gasteiger partial charge in [-0.05, 0) is 12.1 Å². The van der Waals surface area contributed by atoms with Crippen molar-refractivity contribution in [3.8, 4) is 5.75 Å². The fourth-order valence-corrected chi connectivity index (χ4v) is 1.66. The molecule has 2 rings (SSSR count). The lowest BCUT2D eigenvalue weighted by Crippen LogP contribution is -2.11. The van der Waals surface area contributed by atoms with Crippen molar-refractivity contribution in [2.45, 2.75) is 26.1 Å². The third kappa shape index (κ3) is 3.62. The Kier molecular flexibility index (Phi) is 4.30. The topological polar surface area (TPSA) is 52.3 Å². The van der Waals surface area contributed by atoms with Gasteiger partial charge in [0.2, 0.25) is 11.2 Å². The maximum Gasteiger partial charge on any atom is 0.417 e. The molecule has 0 N–H and O–H groups in total. The van der Waals surface area contributed by atoms with E-state index in [0.29, 0.717) is 12.2 Å². The van der Waals surface area contributed by atoms with Gasteiger partial charge in [0.1, 0.15) is 12.4 Å². The van der Waals surface area contributed by atoms with Crippen LogP contribution in [0.15, 0.2) is 39.9 Å². The highest BCUT2D eigenvalue weighted by atomic mass is 19.4. The van der Waals surface area contributed by atoms with Crippen molar-refractivity contribution in [2.24, 2.45) is 0 Å². The second-order valence-electron chi connectivity index (χ2n) is 4.22. The number of hydrogen-bond acceptors (Lipinski definition) is 4. The quantitative estimate of drug-likeness (QED) is 0.870. The third-order valence-electron chi connectivity index (χ3n) is 2.74. The van der Waals surface area contributed by atoms with Gasteiger partial charge < -0.3 is 9.15 Å². The molecule has 0 bridgehead atoms. The molecule has 2 aromatic rings. The number of rotatable bonds is 4. The van der Waals surface area contributed by atoms with E-state index in [-0.39, 0.29) is 23.5 Å². The van der Waals surface area contributed by atoms with E-state index < -0.39 is 11.7 Å². The number of alkyl halides is 3. The second-order valence-corrected chi connectivity index (χ2v) is 4.22. The summed E-state index contributed by atoms with van der Waals surface area (Å²) in [7, 11) is 0. The lowest BCUT2D eigenvalue weighted by Gasteiger charge is -2.09. The van der Waals surface area contributed by atoms with E-state index in [2.05, 4.69) is 4.98 Å². The Bertz CT molecular complexity index is 662. The molecule has 0 amide bonds. The molecule has 2 aromatic heterocycles. The first-order chi connectivity index (χ1) is 9.91. The van der Waals surface area contributed by atoms with Crippen LogP contribution in [0.1, 0.15) is 23.9 Å². The first-order valence-electron chi connectivity index (χ1n) is 6.17. The molecule has 0 aliphatic heterocycles. The molecule has 2 heterocycles. The lowest BCUT2D eigenvalue weighted by atomic mass is 10.2. The molecule has 112 valence electrons. The Morgan fingerprint density at radius 3 is 2.62 bits per heavy atom. The normalized spacial score (nSPS) is 11.4. The zero-order valence-electron chi connectivity index (χ0n) is 11.1. The Labute approximate surface area is 118 Å². The van der Waals surface area contributed by atoms with Crippen LogP contribution in [0.2, 0.25) is 0 Å². The van der Waals surface area contributed by atoms with E-state index in [1.807, 2.05) is 0 Å². The van der Waals surface area contributed by atoms with Crippen LogP contribution in [-0.4, -0.2) is 4.98 Å². The molecule has 0 aromatic carbocycles. The summed E-state index contributed by atoms with van der Waals surface area (Å²) in [6, 6.07) is 3.34. The van der Waals surface area contributed by atoms with Crippen molar-refractivity contribution in [1.29, 1.82) is 0 Å². The van der Waals surface area contributed by atoms with Gasteiger partial charge in [0.15, 0.2) is 0 Å². The number of halogens is 3. The average molecular weight is 299 g/mol. The van der Waals surface area contributed by atoms with Gasteiger partial charge in [0, 0.05) is 18.7 Å². The molecule has 0 atom stereocenters. The molecule has 0 saturated carbocycles. The van der Waals surface area contributed by atoms with E-state index >= 15 is 0 Å². The van der Waals surface area contributed by atoms with Crippen LogP contribution < -0.4 is 10.2 Å². The van der Waals surface area contributed by atoms with E-state index in [1.54, 1.807) is 6.92 Å². The van der Waals surface area contributed by atoms with Crippen molar-refractivity contribution in [3.05, 3.63) is 57.9 Å². The van der Waals surface area contributed by atoms with Crippen LogP contribution in [-0.2, 0) is 19.2 Å². The number of aromatic nitrogens is 1. The van der Waals surface area contributed by atoms with Gasteiger partial charge >= 0.3 is 6.18 Å². The van der Waals surface area contributed by atoms with Crippen molar-refractivity contribution >= 4 is 0 Å². The summed E-state index contributed by atoms with van der Waals surface area (Å²) >= 11 is 0. The fraction of sp³-hybridized carbons (Fsp3) is 0.286. The highest BCUT2D eigenvalue weighted by Crippen LogP contribution is 2.28. The van der Waals surface area contributed by atoms with E-state index in [0.717, 1.165) is 12.3 Å². The molecular weight excluding hydrogens is 287 g/mol. The minimum absolute atomic E-state index is 0.0571. The molecule has 0 unspecified atom stereocenters. The average Bonchev–Trinajstić information content (AvgIpc) is 2.45. The number of pyridine rings is 1.